The Kier molecular flexibility index (Phi) is 5.53. The number of aromatic nitrogens is 2. The summed E-state index contributed by atoms with van der Waals surface area (Å²) in [5.41, 5.74) is 14.9. The third-order valence-electron chi connectivity index (χ3n) is 11.4. The maximum Gasteiger partial charge on any atom is 0.0541 e. The van der Waals surface area contributed by atoms with E-state index < -0.39 is 0 Å². The second-order valence-electron chi connectivity index (χ2n) is 14.1. The van der Waals surface area contributed by atoms with Crippen LogP contribution in [0, 0.1) is 0 Å². The molecule has 2 aromatic heterocycles. The monoisotopic (exact) mass is 658 g/mol. The van der Waals surface area contributed by atoms with E-state index in [9.17, 15) is 0 Å². The predicted octanol–water partition coefficient (Wildman–Crippen LogP) is 13.5. The zero-order valence-corrected chi connectivity index (χ0v) is 28.2. The van der Waals surface area contributed by atoms with Crippen molar-refractivity contribution in [1.82, 2.24) is 9.13 Å². The first kappa shape index (κ1) is 27.9. The van der Waals surface area contributed by atoms with Crippen LogP contribution in [-0.4, -0.2) is 9.13 Å². The highest BCUT2D eigenvalue weighted by Crippen LogP contribution is 2.50. The highest BCUT2D eigenvalue weighted by Gasteiger charge is 2.24. The van der Waals surface area contributed by atoms with Crippen LogP contribution >= 0.6 is 0 Å². The van der Waals surface area contributed by atoms with Gasteiger partial charge in [-0.05, 0) is 122 Å². The number of hydrogen-bond donors (Lipinski definition) is 0. The van der Waals surface area contributed by atoms with E-state index >= 15 is 0 Å². The van der Waals surface area contributed by atoms with E-state index in [1.165, 1.54) is 110 Å². The number of fused-ring (bicyclic) bond motifs is 11. The lowest BCUT2D eigenvalue weighted by atomic mass is 9.96. The van der Waals surface area contributed by atoms with Crippen molar-refractivity contribution in [2.45, 2.75) is 0 Å². The summed E-state index contributed by atoms with van der Waals surface area (Å²) < 4.78 is 4.83. The predicted molar refractivity (Wildman–Crippen MR) is 220 cm³/mol. The number of nitrogens with zero attached hydrogens (tertiary/aromatic N) is 2. The Morgan fingerprint density at radius 1 is 0.269 bits per heavy atom. The molecule has 1 aliphatic carbocycles. The van der Waals surface area contributed by atoms with Gasteiger partial charge in [0.05, 0.1) is 22.1 Å². The molecule has 0 saturated carbocycles. The van der Waals surface area contributed by atoms with Gasteiger partial charge in [0, 0.05) is 32.9 Å². The minimum atomic E-state index is 1.18. The van der Waals surface area contributed by atoms with Crippen molar-refractivity contribution in [1.29, 1.82) is 0 Å². The molecule has 0 bridgehead atoms. The van der Waals surface area contributed by atoms with Crippen molar-refractivity contribution in [2.24, 2.45) is 0 Å². The van der Waals surface area contributed by atoms with Gasteiger partial charge in [0.2, 0.25) is 0 Å². The van der Waals surface area contributed by atoms with E-state index in [-0.39, 0.29) is 0 Å². The molecule has 9 aromatic carbocycles. The third kappa shape index (κ3) is 3.73. The molecule has 2 nitrogen and oxygen atoms in total. The van der Waals surface area contributed by atoms with Crippen molar-refractivity contribution in [3.05, 3.63) is 182 Å². The highest BCUT2D eigenvalue weighted by atomic mass is 15.0. The quantitative estimate of drug-likeness (QED) is 0.167. The molecular formula is C50H30N2. The van der Waals surface area contributed by atoms with Gasteiger partial charge in [-0.3, -0.25) is 0 Å². The fourth-order valence-electron chi connectivity index (χ4n) is 9.17. The molecule has 0 radical (unpaired) electrons. The molecule has 1 aliphatic rings. The summed E-state index contributed by atoms with van der Waals surface area (Å²) in [7, 11) is 0. The van der Waals surface area contributed by atoms with Crippen LogP contribution in [0.1, 0.15) is 0 Å². The molecule has 0 fully saturated rings. The van der Waals surface area contributed by atoms with Crippen LogP contribution < -0.4 is 0 Å². The summed E-state index contributed by atoms with van der Waals surface area (Å²) in [6.07, 6.45) is 0. The Hall–Kier alpha value is -6.90. The molecule has 2 heterocycles. The standard InChI is InChI=1S/C50H30N2/c1-2-12-34(13-3-1)51-46-19-8-6-15-38(46)43-27-31(21-25-48(43)51)32-22-26-49-44(28-32)39-16-7-9-20-47(39)52(49)35-23-24-37-41-18-10-17-40-36-14-5-4-11-33(36)29-45(50(40)41)42(37)30-35/h1-30H. The van der Waals surface area contributed by atoms with Crippen molar-refractivity contribution in [3.8, 4) is 44.8 Å². The molecule has 0 aliphatic heterocycles. The minimum absolute atomic E-state index is 1.18. The van der Waals surface area contributed by atoms with Gasteiger partial charge in [-0.15, -0.1) is 0 Å². The molecule has 52 heavy (non-hydrogen) atoms. The van der Waals surface area contributed by atoms with Crippen LogP contribution in [0.2, 0.25) is 0 Å². The minimum Gasteiger partial charge on any atom is -0.309 e. The van der Waals surface area contributed by atoms with Gasteiger partial charge in [0.15, 0.2) is 0 Å². The lowest BCUT2D eigenvalue weighted by Crippen LogP contribution is -1.94. The smallest absolute Gasteiger partial charge is 0.0541 e. The summed E-state index contributed by atoms with van der Waals surface area (Å²) in [4.78, 5) is 0. The SMILES string of the molecule is c1ccc(-n2c3ccccc3c3cc(-c4ccc5c(c4)c4ccccc4n5-c4ccc5c(c4)-c4cc6ccccc6c6cccc-5c46)ccc32)cc1. The number of para-hydroxylation sites is 3. The zero-order chi connectivity index (χ0) is 33.9. The van der Waals surface area contributed by atoms with Crippen LogP contribution in [0.5, 0.6) is 0 Å². The first-order valence-electron chi connectivity index (χ1n) is 18.0. The molecule has 2 heteroatoms. The molecule has 240 valence electrons. The number of benzene rings is 9. The van der Waals surface area contributed by atoms with Crippen molar-refractivity contribution >= 4 is 65.2 Å². The van der Waals surface area contributed by atoms with E-state index in [0.717, 1.165) is 0 Å². The molecule has 0 N–H and O–H groups in total. The number of rotatable bonds is 3. The first-order chi connectivity index (χ1) is 25.8. The topological polar surface area (TPSA) is 9.86 Å². The van der Waals surface area contributed by atoms with Gasteiger partial charge in [-0.25, -0.2) is 0 Å². The molecule has 12 rings (SSSR count). The van der Waals surface area contributed by atoms with E-state index in [2.05, 4.69) is 191 Å². The summed E-state index contributed by atoms with van der Waals surface area (Å²) in [6, 6.07) is 67.2. The van der Waals surface area contributed by atoms with E-state index in [4.69, 9.17) is 0 Å². The third-order valence-corrected chi connectivity index (χ3v) is 11.4. The maximum atomic E-state index is 2.45. The second kappa shape index (κ2) is 10.3. The van der Waals surface area contributed by atoms with Gasteiger partial charge in [0.25, 0.3) is 0 Å². The van der Waals surface area contributed by atoms with Gasteiger partial charge in [-0.2, -0.15) is 0 Å². The Bertz CT molecular complexity index is 3290. The van der Waals surface area contributed by atoms with E-state index in [1.54, 1.807) is 0 Å². The molecule has 0 spiro atoms. The van der Waals surface area contributed by atoms with Gasteiger partial charge in [-0.1, -0.05) is 115 Å². The normalized spacial score (nSPS) is 12.2. The number of hydrogen-bond acceptors (Lipinski definition) is 0. The molecule has 0 saturated heterocycles. The summed E-state index contributed by atoms with van der Waals surface area (Å²) in [5.74, 6) is 0. The van der Waals surface area contributed by atoms with Crippen LogP contribution in [0.3, 0.4) is 0 Å². The van der Waals surface area contributed by atoms with Crippen molar-refractivity contribution < 1.29 is 0 Å². The first-order valence-corrected chi connectivity index (χ1v) is 18.0. The fraction of sp³-hybridized carbons (Fsp3) is 0. The highest BCUT2D eigenvalue weighted by molar-refractivity contribution is 6.23. The lowest BCUT2D eigenvalue weighted by Gasteiger charge is -2.12. The maximum absolute atomic E-state index is 2.45. The molecule has 0 atom stereocenters. The molecule has 0 amide bonds. The Balaban J connectivity index is 1.04. The molecule has 0 unspecified atom stereocenters. The van der Waals surface area contributed by atoms with Gasteiger partial charge >= 0.3 is 0 Å². The van der Waals surface area contributed by atoms with Crippen LogP contribution in [-0.2, 0) is 0 Å². The largest absolute Gasteiger partial charge is 0.309 e. The average Bonchev–Trinajstić information content (AvgIpc) is 3.84. The average molecular weight is 659 g/mol. The Morgan fingerprint density at radius 3 is 1.56 bits per heavy atom. The van der Waals surface area contributed by atoms with E-state index in [1.807, 2.05) is 0 Å². The second-order valence-corrected chi connectivity index (χ2v) is 14.1. The van der Waals surface area contributed by atoms with Crippen LogP contribution in [0.15, 0.2) is 182 Å². The Labute approximate surface area is 300 Å². The molecule has 11 aromatic rings. The summed E-state index contributed by atoms with van der Waals surface area (Å²) in [6.45, 7) is 0. The van der Waals surface area contributed by atoms with Crippen molar-refractivity contribution in [2.75, 3.05) is 0 Å². The van der Waals surface area contributed by atoms with Crippen LogP contribution in [0.4, 0.5) is 0 Å². The summed E-state index contributed by atoms with van der Waals surface area (Å²) in [5, 5.41) is 10.3. The lowest BCUT2D eigenvalue weighted by molar-refractivity contribution is 1.18. The van der Waals surface area contributed by atoms with Crippen molar-refractivity contribution in [3.63, 3.8) is 0 Å². The Morgan fingerprint density at radius 2 is 0.846 bits per heavy atom. The van der Waals surface area contributed by atoms with Crippen LogP contribution in [0.25, 0.3) is 110 Å². The fourth-order valence-corrected chi connectivity index (χ4v) is 9.17. The van der Waals surface area contributed by atoms with Gasteiger partial charge < -0.3 is 9.13 Å². The molecular weight excluding hydrogens is 629 g/mol. The van der Waals surface area contributed by atoms with E-state index in [0.29, 0.717) is 0 Å². The zero-order valence-electron chi connectivity index (χ0n) is 28.2. The summed E-state index contributed by atoms with van der Waals surface area (Å²) >= 11 is 0. The van der Waals surface area contributed by atoms with Gasteiger partial charge in [0.1, 0.15) is 0 Å².